The minimum absolute atomic E-state index is 0.418. The summed E-state index contributed by atoms with van der Waals surface area (Å²) in [6.45, 7) is 6.43. The molecule has 1 heterocycles. The topological polar surface area (TPSA) is 75.9 Å². The van der Waals surface area contributed by atoms with E-state index in [9.17, 15) is 0 Å². The highest BCUT2D eigenvalue weighted by Gasteiger charge is 2.06. The fourth-order valence-electron chi connectivity index (χ4n) is 1.83. The van der Waals surface area contributed by atoms with Crippen LogP contribution in [-0.4, -0.2) is 16.0 Å². The molecular formula is C13H25N5. The van der Waals surface area contributed by atoms with E-state index in [1.54, 1.807) is 0 Å². The third-order valence-corrected chi connectivity index (χ3v) is 2.87. The maximum atomic E-state index is 5.40. The van der Waals surface area contributed by atoms with E-state index in [0.717, 1.165) is 24.5 Å². The Bertz CT molecular complexity index is 331. The molecular weight excluding hydrogens is 226 g/mol. The minimum Gasteiger partial charge on any atom is -0.367 e. The zero-order chi connectivity index (χ0) is 13.4. The van der Waals surface area contributed by atoms with Crippen molar-refractivity contribution in [1.82, 2.24) is 9.97 Å². The van der Waals surface area contributed by atoms with Crippen LogP contribution < -0.4 is 16.6 Å². The van der Waals surface area contributed by atoms with Crippen LogP contribution in [-0.2, 0) is 6.42 Å². The molecule has 0 fully saturated rings. The van der Waals surface area contributed by atoms with Gasteiger partial charge in [0.15, 0.2) is 0 Å². The van der Waals surface area contributed by atoms with Crippen molar-refractivity contribution in [1.29, 1.82) is 0 Å². The van der Waals surface area contributed by atoms with Gasteiger partial charge >= 0.3 is 0 Å². The summed E-state index contributed by atoms with van der Waals surface area (Å²) in [5.41, 5.74) is 2.58. The molecule has 1 unspecified atom stereocenters. The largest absolute Gasteiger partial charge is 0.367 e. The van der Waals surface area contributed by atoms with Crippen LogP contribution in [0.15, 0.2) is 6.07 Å². The summed E-state index contributed by atoms with van der Waals surface area (Å²) in [4.78, 5) is 8.72. The summed E-state index contributed by atoms with van der Waals surface area (Å²) >= 11 is 0. The molecule has 0 aromatic carbocycles. The van der Waals surface area contributed by atoms with Crippen molar-refractivity contribution in [3.8, 4) is 0 Å². The highest BCUT2D eigenvalue weighted by Crippen LogP contribution is 2.14. The van der Waals surface area contributed by atoms with E-state index < -0.39 is 0 Å². The van der Waals surface area contributed by atoms with Crippen LogP contribution in [0.4, 0.5) is 11.6 Å². The first-order valence-electron chi connectivity index (χ1n) is 6.80. The molecule has 0 radical (unpaired) electrons. The lowest BCUT2D eigenvalue weighted by molar-refractivity contribution is 0.613. The molecule has 102 valence electrons. The van der Waals surface area contributed by atoms with Crippen LogP contribution >= 0.6 is 0 Å². The Kier molecular flexibility index (Phi) is 6.43. The molecule has 0 bridgehead atoms. The van der Waals surface area contributed by atoms with Gasteiger partial charge in [-0.2, -0.15) is 0 Å². The van der Waals surface area contributed by atoms with E-state index in [2.05, 4.69) is 34.6 Å². The number of hydrogen-bond acceptors (Lipinski definition) is 5. The lowest BCUT2D eigenvalue weighted by Crippen LogP contribution is -2.18. The van der Waals surface area contributed by atoms with Gasteiger partial charge in [-0.1, -0.05) is 33.1 Å². The number of hydrogen-bond donors (Lipinski definition) is 3. The molecule has 0 aliphatic heterocycles. The third kappa shape index (κ3) is 4.87. The van der Waals surface area contributed by atoms with Crippen LogP contribution in [0.25, 0.3) is 0 Å². The van der Waals surface area contributed by atoms with Crippen LogP contribution in [0.1, 0.15) is 52.3 Å². The van der Waals surface area contributed by atoms with Gasteiger partial charge in [-0.05, 0) is 13.3 Å². The molecule has 0 amide bonds. The zero-order valence-corrected chi connectivity index (χ0v) is 11.7. The Morgan fingerprint density at radius 2 is 1.94 bits per heavy atom. The first-order chi connectivity index (χ1) is 8.69. The summed E-state index contributed by atoms with van der Waals surface area (Å²) in [6, 6.07) is 2.26. The number of nitrogens with two attached hydrogens (primary N) is 1. The normalized spacial score (nSPS) is 12.2. The molecule has 1 aromatic heterocycles. The second-order valence-corrected chi connectivity index (χ2v) is 4.59. The van der Waals surface area contributed by atoms with Gasteiger partial charge in [0.1, 0.15) is 17.5 Å². The van der Waals surface area contributed by atoms with E-state index in [0.29, 0.717) is 11.9 Å². The Morgan fingerprint density at radius 1 is 1.22 bits per heavy atom. The van der Waals surface area contributed by atoms with E-state index in [4.69, 9.17) is 5.84 Å². The fourth-order valence-corrected chi connectivity index (χ4v) is 1.83. The molecule has 4 N–H and O–H groups in total. The Labute approximate surface area is 110 Å². The van der Waals surface area contributed by atoms with Crippen molar-refractivity contribution >= 4 is 11.6 Å². The van der Waals surface area contributed by atoms with Gasteiger partial charge in [0.25, 0.3) is 0 Å². The number of rotatable bonds is 8. The van der Waals surface area contributed by atoms with Crippen molar-refractivity contribution in [3.05, 3.63) is 11.9 Å². The molecule has 5 heteroatoms. The van der Waals surface area contributed by atoms with Crippen LogP contribution in [0, 0.1) is 0 Å². The van der Waals surface area contributed by atoms with Crippen LogP contribution in [0.2, 0.25) is 0 Å². The first kappa shape index (κ1) is 14.7. The van der Waals surface area contributed by atoms with E-state index in [1.807, 2.05) is 13.0 Å². The number of hydrazine groups is 1. The number of nitrogens with zero attached hydrogens (tertiary/aromatic N) is 2. The number of aromatic nitrogens is 2. The van der Waals surface area contributed by atoms with Gasteiger partial charge in [-0.15, -0.1) is 0 Å². The Hall–Kier alpha value is -1.36. The SMILES string of the molecule is CCCCCC(C)Nc1cc(NN)nc(CC)n1. The van der Waals surface area contributed by atoms with Crippen molar-refractivity contribution in [2.24, 2.45) is 5.84 Å². The average Bonchev–Trinajstić information content (AvgIpc) is 2.38. The van der Waals surface area contributed by atoms with E-state index in [1.165, 1.54) is 19.3 Å². The fraction of sp³-hybridized carbons (Fsp3) is 0.692. The average molecular weight is 251 g/mol. The Morgan fingerprint density at radius 3 is 2.56 bits per heavy atom. The highest BCUT2D eigenvalue weighted by atomic mass is 15.3. The molecule has 0 saturated carbocycles. The maximum Gasteiger partial charge on any atom is 0.145 e. The quantitative estimate of drug-likeness (QED) is 0.376. The van der Waals surface area contributed by atoms with Crippen molar-refractivity contribution in [3.63, 3.8) is 0 Å². The number of nitrogen functional groups attached to an aromatic ring is 1. The summed E-state index contributed by atoms with van der Waals surface area (Å²) in [6.07, 6.45) is 5.74. The smallest absolute Gasteiger partial charge is 0.145 e. The number of unbranched alkanes of at least 4 members (excludes halogenated alkanes) is 2. The lowest BCUT2D eigenvalue weighted by Gasteiger charge is -2.15. The molecule has 1 rings (SSSR count). The van der Waals surface area contributed by atoms with Crippen LogP contribution in [0.3, 0.4) is 0 Å². The number of anilines is 2. The third-order valence-electron chi connectivity index (χ3n) is 2.87. The van der Waals surface area contributed by atoms with Gasteiger partial charge in [-0.3, -0.25) is 0 Å². The molecule has 1 aromatic rings. The van der Waals surface area contributed by atoms with Gasteiger partial charge in [0.05, 0.1) is 0 Å². The molecule has 1 atom stereocenters. The maximum absolute atomic E-state index is 5.40. The van der Waals surface area contributed by atoms with Crippen molar-refractivity contribution in [2.75, 3.05) is 10.7 Å². The molecule has 0 spiro atoms. The lowest BCUT2D eigenvalue weighted by atomic mass is 10.1. The standard InChI is InChI=1S/C13H25N5/c1-4-6-7-8-10(3)15-12-9-13(18-14)17-11(5-2)16-12/h9-10H,4-8,14H2,1-3H3,(H2,15,16,17,18). The van der Waals surface area contributed by atoms with E-state index in [-0.39, 0.29) is 0 Å². The molecule has 0 saturated heterocycles. The summed E-state index contributed by atoms with van der Waals surface area (Å²) in [5, 5.41) is 3.40. The van der Waals surface area contributed by atoms with Gasteiger partial charge in [-0.25, -0.2) is 15.8 Å². The summed E-state index contributed by atoms with van der Waals surface area (Å²) < 4.78 is 0. The monoisotopic (exact) mass is 251 g/mol. The number of nitrogens with one attached hydrogen (secondary N) is 2. The zero-order valence-electron chi connectivity index (χ0n) is 11.7. The first-order valence-corrected chi connectivity index (χ1v) is 6.80. The minimum atomic E-state index is 0.418. The summed E-state index contributed by atoms with van der Waals surface area (Å²) in [5.74, 6) is 7.71. The number of aryl methyl sites for hydroxylation is 1. The van der Waals surface area contributed by atoms with Gasteiger partial charge < -0.3 is 10.7 Å². The predicted octanol–water partition coefficient (Wildman–Crippen LogP) is 2.71. The van der Waals surface area contributed by atoms with Gasteiger partial charge in [0, 0.05) is 18.5 Å². The predicted molar refractivity (Wildman–Crippen MR) is 76.4 cm³/mol. The van der Waals surface area contributed by atoms with Crippen LogP contribution in [0.5, 0.6) is 0 Å². The summed E-state index contributed by atoms with van der Waals surface area (Å²) in [7, 11) is 0. The Balaban J connectivity index is 2.59. The molecule has 0 aliphatic carbocycles. The highest BCUT2D eigenvalue weighted by molar-refractivity contribution is 5.47. The molecule has 5 nitrogen and oxygen atoms in total. The van der Waals surface area contributed by atoms with E-state index >= 15 is 0 Å². The van der Waals surface area contributed by atoms with Crippen molar-refractivity contribution in [2.45, 2.75) is 58.9 Å². The second kappa shape index (κ2) is 7.87. The van der Waals surface area contributed by atoms with Gasteiger partial charge in [0.2, 0.25) is 0 Å². The molecule has 18 heavy (non-hydrogen) atoms. The second-order valence-electron chi connectivity index (χ2n) is 4.59. The van der Waals surface area contributed by atoms with Crippen molar-refractivity contribution < 1.29 is 0 Å². The molecule has 0 aliphatic rings.